The number of rotatable bonds is 12. The number of ether oxygens (including phenoxy) is 2. The third-order valence-electron chi connectivity index (χ3n) is 8.12. The van der Waals surface area contributed by atoms with Crippen LogP contribution < -0.4 is 14.5 Å². The van der Waals surface area contributed by atoms with Gasteiger partial charge in [0.1, 0.15) is 12.4 Å². The summed E-state index contributed by atoms with van der Waals surface area (Å²) >= 11 is 0. The highest BCUT2D eigenvalue weighted by atomic mass is 16.6. The predicted molar refractivity (Wildman–Crippen MR) is 165 cm³/mol. The number of nitrogens with zero attached hydrogens (tertiary/aromatic N) is 3. The van der Waals surface area contributed by atoms with Crippen LogP contribution in [0, 0.1) is 5.92 Å². The quantitative estimate of drug-likeness (QED) is 0.302. The standard InChI is InChI=1S/C34H37N3O7/c1-24(8-6-13-31(39)35(16-18-38)22-25-9-4-3-5-10-25)34(42)29-21-28(43-2)14-15-30(29)37(32(34)40)23-26-11-7-12-27(20-26)36-17-19-44-33(36)41/h3-12,14-15,20-21,24,38,42H,13,16-19,22-23H2,1-2H3/b8-6+/t24-,34+/m1/s1. The smallest absolute Gasteiger partial charge is 0.414 e. The summed E-state index contributed by atoms with van der Waals surface area (Å²) < 4.78 is 10.5. The van der Waals surface area contributed by atoms with Crippen molar-refractivity contribution in [1.29, 1.82) is 0 Å². The molecule has 3 aromatic carbocycles. The molecule has 3 amide bonds. The lowest BCUT2D eigenvalue weighted by Gasteiger charge is -2.28. The maximum atomic E-state index is 14.0. The maximum Gasteiger partial charge on any atom is 0.414 e. The summed E-state index contributed by atoms with van der Waals surface area (Å²) in [7, 11) is 1.52. The Hall–Kier alpha value is -4.67. The van der Waals surface area contributed by atoms with Gasteiger partial charge in [-0.3, -0.25) is 14.5 Å². The molecule has 0 aromatic heterocycles. The Labute approximate surface area is 256 Å². The molecule has 0 bridgehead atoms. The number of cyclic esters (lactones) is 1. The lowest BCUT2D eigenvalue weighted by molar-refractivity contribution is -0.139. The minimum absolute atomic E-state index is 0.0435. The van der Waals surface area contributed by atoms with Crippen molar-refractivity contribution >= 4 is 29.3 Å². The fraction of sp³-hybridized carbons (Fsp3) is 0.324. The van der Waals surface area contributed by atoms with Crippen LogP contribution in [0.25, 0.3) is 0 Å². The van der Waals surface area contributed by atoms with E-state index in [1.807, 2.05) is 54.6 Å². The van der Waals surface area contributed by atoms with Gasteiger partial charge in [-0.15, -0.1) is 0 Å². The highest BCUT2D eigenvalue weighted by Crippen LogP contribution is 2.47. The van der Waals surface area contributed by atoms with Gasteiger partial charge in [0.25, 0.3) is 5.91 Å². The number of fused-ring (bicyclic) bond motifs is 1. The molecule has 1 saturated heterocycles. The first kappa shape index (κ1) is 30.8. The Morgan fingerprint density at radius 2 is 1.86 bits per heavy atom. The van der Waals surface area contributed by atoms with Gasteiger partial charge in [-0.05, 0) is 41.5 Å². The second-order valence-corrected chi connectivity index (χ2v) is 10.9. The number of aliphatic hydroxyl groups is 2. The molecule has 10 nitrogen and oxygen atoms in total. The van der Waals surface area contributed by atoms with Crippen molar-refractivity contribution in [2.45, 2.75) is 32.0 Å². The van der Waals surface area contributed by atoms with Crippen LogP contribution in [0.3, 0.4) is 0 Å². The minimum atomic E-state index is -1.91. The Morgan fingerprint density at radius 1 is 1.09 bits per heavy atom. The van der Waals surface area contributed by atoms with E-state index in [4.69, 9.17) is 9.47 Å². The lowest BCUT2D eigenvalue weighted by Crippen LogP contribution is -2.44. The summed E-state index contributed by atoms with van der Waals surface area (Å²) in [5.41, 5.74) is 1.46. The summed E-state index contributed by atoms with van der Waals surface area (Å²) in [5, 5.41) is 21.6. The van der Waals surface area contributed by atoms with Crippen molar-refractivity contribution in [3.8, 4) is 5.75 Å². The molecule has 2 aliphatic rings. The van der Waals surface area contributed by atoms with Crippen molar-refractivity contribution in [2.24, 2.45) is 5.92 Å². The van der Waals surface area contributed by atoms with Gasteiger partial charge in [-0.2, -0.15) is 0 Å². The van der Waals surface area contributed by atoms with Crippen LogP contribution in [0.5, 0.6) is 5.75 Å². The number of aliphatic hydroxyl groups excluding tert-OH is 1. The Kier molecular flexibility index (Phi) is 9.32. The van der Waals surface area contributed by atoms with Crippen LogP contribution in [-0.2, 0) is 33.0 Å². The molecular weight excluding hydrogens is 562 g/mol. The molecule has 2 atom stereocenters. The molecule has 2 N–H and O–H groups in total. The zero-order valence-corrected chi connectivity index (χ0v) is 24.9. The molecule has 0 spiro atoms. The number of carbonyl (C=O) groups excluding carboxylic acids is 3. The van der Waals surface area contributed by atoms with Crippen molar-refractivity contribution in [1.82, 2.24) is 4.90 Å². The molecule has 5 rings (SSSR count). The highest BCUT2D eigenvalue weighted by Gasteiger charge is 2.52. The van der Waals surface area contributed by atoms with E-state index in [-0.39, 0.29) is 32.0 Å². The topological polar surface area (TPSA) is 120 Å². The van der Waals surface area contributed by atoms with E-state index in [9.17, 15) is 24.6 Å². The number of hydrogen-bond acceptors (Lipinski definition) is 7. The van der Waals surface area contributed by atoms with Gasteiger partial charge in [-0.1, -0.05) is 61.5 Å². The van der Waals surface area contributed by atoms with Crippen molar-refractivity contribution in [3.63, 3.8) is 0 Å². The SMILES string of the molecule is COc1ccc2c(c1)[C@@](O)([C@H](C)/C=C/CC(=O)N(CCO)Cc1ccccc1)C(=O)N2Cc1cccc(N2CCOC2=O)c1. The van der Waals surface area contributed by atoms with E-state index in [0.29, 0.717) is 42.4 Å². The number of methoxy groups -OCH3 is 1. The van der Waals surface area contributed by atoms with Crippen LogP contribution in [0.4, 0.5) is 16.2 Å². The molecule has 0 aliphatic carbocycles. The van der Waals surface area contributed by atoms with E-state index < -0.39 is 23.5 Å². The minimum Gasteiger partial charge on any atom is -0.497 e. The summed E-state index contributed by atoms with van der Waals surface area (Å²) in [6.07, 6.45) is 2.98. The number of carbonyl (C=O) groups is 3. The molecular formula is C34H37N3O7. The second kappa shape index (κ2) is 13.3. The fourth-order valence-corrected chi connectivity index (χ4v) is 5.70. The van der Waals surface area contributed by atoms with Crippen LogP contribution in [0.15, 0.2) is 84.9 Å². The average molecular weight is 600 g/mol. The molecule has 0 unspecified atom stereocenters. The van der Waals surface area contributed by atoms with Crippen molar-refractivity contribution < 1.29 is 34.1 Å². The van der Waals surface area contributed by atoms with Gasteiger partial charge in [0, 0.05) is 36.7 Å². The number of hydrogen-bond donors (Lipinski definition) is 2. The highest BCUT2D eigenvalue weighted by molar-refractivity contribution is 6.07. The molecule has 10 heteroatoms. The predicted octanol–water partition coefficient (Wildman–Crippen LogP) is 3.99. The monoisotopic (exact) mass is 599 g/mol. The number of benzene rings is 3. The Bertz CT molecular complexity index is 1540. The van der Waals surface area contributed by atoms with Gasteiger partial charge in [0.15, 0.2) is 5.60 Å². The van der Waals surface area contributed by atoms with E-state index in [1.54, 1.807) is 47.1 Å². The van der Waals surface area contributed by atoms with E-state index in [0.717, 1.165) is 11.1 Å². The summed E-state index contributed by atoms with van der Waals surface area (Å²) in [4.78, 5) is 43.8. The molecule has 1 fully saturated rings. The summed E-state index contributed by atoms with van der Waals surface area (Å²) in [6, 6.07) is 22.0. The molecule has 3 aromatic rings. The van der Waals surface area contributed by atoms with E-state index in [1.165, 1.54) is 12.0 Å². The van der Waals surface area contributed by atoms with Gasteiger partial charge in [-0.25, -0.2) is 4.79 Å². The Morgan fingerprint density at radius 3 is 2.57 bits per heavy atom. The third kappa shape index (κ3) is 6.17. The largest absolute Gasteiger partial charge is 0.497 e. The molecule has 230 valence electrons. The van der Waals surface area contributed by atoms with Crippen LogP contribution in [0.1, 0.15) is 30.0 Å². The molecule has 44 heavy (non-hydrogen) atoms. The lowest BCUT2D eigenvalue weighted by atomic mass is 9.83. The van der Waals surface area contributed by atoms with Gasteiger partial charge < -0.3 is 29.5 Å². The first-order chi connectivity index (χ1) is 21.3. The summed E-state index contributed by atoms with van der Waals surface area (Å²) in [6.45, 7) is 3.08. The van der Waals surface area contributed by atoms with Gasteiger partial charge in [0.05, 0.1) is 32.5 Å². The maximum absolute atomic E-state index is 14.0. The zero-order valence-electron chi connectivity index (χ0n) is 24.9. The molecule has 0 saturated carbocycles. The molecule has 2 aliphatic heterocycles. The molecule has 2 heterocycles. The summed E-state index contributed by atoms with van der Waals surface area (Å²) in [5.74, 6) is -0.870. The second-order valence-electron chi connectivity index (χ2n) is 10.9. The van der Waals surface area contributed by atoms with Crippen LogP contribution in [0.2, 0.25) is 0 Å². The zero-order chi connectivity index (χ0) is 31.3. The third-order valence-corrected chi connectivity index (χ3v) is 8.12. The van der Waals surface area contributed by atoms with Gasteiger partial charge >= 0.3 is 6.09 Å². The van der Waals surface area contributed by atoms with Crippen LogP contribution >= 0.6 is 0 Å². The first-order valence-corrected chi connectivity index (χ1v) is 14.6. The normalized spacial score (nSPS) is 18.5. The van der Waals surface area contributed by atoms with Crippen LogP contribution in [-0.4, -0.2) is 66.4 Å². The number of anilines is 2. The Balaban J connectivity index is 1.36. The van der Waals surface area contributed by atoms with Crippen molar-refractivity contribution in [2.75, 3.05) is 43.2 Å². The number of amides is 3. The fourth-order valence-electron chi connectivity index (χ4n) is 5.70. The van der Waals surface area contributed by atoms with Crippen molar-refractivity contribution in [3.05, 3.63) is 102 Å². The first-order valence-electron chi connectivity index (χ1n) is 14.6. The van der Waals surface area contributed by atoms with E-state index >= 15 is 0 Å². The van der Waals surface area contributed by atoms with E-state index in [2.05, 4.69) is 0 Å². The average Bonchev–Trinajstić information content (AvgIpc) is 3.56. The van der Waals surface area contributed by atoms with Gasteiger partial charge in [0.2, 0.25) is 5.91 Å². The molecule has 0 radical (unpaired) electrons.